The van der Waals surface area contributed by atoms with Crippen LogP contribution in [0.5, 0.6) is 5.75 Å². The highest BCUT2D eigenvalue weighted by atomic mass is 16.5. The second-order valence-corrected chi connectivity index (χ2v) is 5.13. The number of ketones is 1. The molecular formula is C17H23NO2. The van der Waals surface area contributed by atoms with E-state index in [0.717, 1.165) is 47.3 Å². The summed E-state index contributed by atoms with van der Waals surface area (Å²) in [5, 5.41) is 1.01. The standard InChI is InChI=1S/C17H23NO2/c1-5-7-10-18-12(3)17(13(4)19)15-11-14(20-6-2)8-9-16(15)18/h8-9,11H,5-7,10H2,1-4H3. The van der Waals surface area contributed by atoms with Crippen LogP contribution in [0.3, 0.4) is 0 Å². The Bertz CT molecular complexity index is 625. The summed E-state index contributed by atoms with van der Waals surface area (Å²) in [6.07, 6.45) is 2.26. The molecule has 3 heteroatoms. The number of aromatic nitrogens is 1. The lowest BCUT2D eigenvalue weighted by atomic mass is 10.1. The van der Waals surface area contributed by atoms with Gasteiger partial charge < -0.3 is 9.30 Å². The van der Waals surface area contributed by atoms with E-state index in [9.17, 15) is 4.79 Å². The Labute approximate surface area is 120 Å². The summed E-state index contributed by atoms with van der Waals surface area (Å²) in [6.45, 7) is 9.41. The molecule has 0 amide bonds. The van der Waals surface area contributed by atoms with Crippen LogP contribution in [0.1, 0.15) is 49.7 Å². The highest BCUT2D eigenvalue weighted by Crippen LogP contribution is 2.30. The van der Waals surface area contributed by atoms with Crippen molar-refractivity contribution in [1.82, 2.24) is 4.57 Å². The number of ether oxygens (including phenoxy) is 1. The van der Waals surface area contributed by atoms with E-state index in [-0.39, 0.29) is 5.78 Å². The Morgan fingerprint density at radius 1 is 1.30 bits per heavy atom. The van der Waals surface area contributed by atoms with Gasteiger partial charge in [-0.15, -0.1) is 0 Å². The van der Waals surface area contributed by atoms with E-state index in [1.165, 1.54) is 0 Å². The number of hydrogen-bond donors (Lipinski definition) is 0. The molecule has 0 saturated carbocycles. The first-order valence-corrected chi connectivity index (χ1v) is 7.36. The minimum Gasteiger partial charge on any atom is -0.494 e. The third kappa shape index (κ3) is 2.58. The van der Waals surface area contributed by atoms with Gasteiger partial charge in [-0.05, 0) is 45.4 Å². The van der Waals surface area contributed by atoms with Gasteiger partial charge in [0.1, 0.15) is 5.75 Å². The Balaban J connectivity index is 2.62. The fourth-order valence-corrected chi connectivity index (χ4v) is 2.77. The topological polar surface area (TPSA) is 31.2 Å². The molecule has 1 aromatic heterocycles. The largest absolute Gasteiger partial charge is 0.494 e. The molecule has 0 radical (unpaired) electrons. The molecule has 0 fully saturated rings. The van der Waals surface area contributed by atoms with Gasteiger partial charge in [0.25, 0.3) is 0 Å². The molecule has 1 heterocycles. The molecule has 0 saturated heterocycles. The van der Waals surface area contributed by atoms with Gasteiger partial charge in [-0.3, -0.25) is 4.79 Å². The number of Topliss-reactive ketones (excluding diaryl/α,β-unsaturated/α-hetero) is 1. The highest BCUT2D eigenvalue weighted by Gasteiger charge is 2.17. The molecule has 2 rings (SSSR count). The first-order chi connectivity index (χ1) is 9.60. The fraction of sp³-hybridized carbons (Fsp3) is 0.471. The first kappa shape index (κ1) is 14.6. The van der Waals surface area contributed by atoms with Crippen molar-refractivity contribution in [2.24, 2.45) is 0 Å². The molecule has 0 bridgehead atoms. The fourth-order valence-electron chi connectivity index (χ4n) is 2.77. The number of carbonyl (C=O) groups is 1. The molecule has 0 aliphatic carbocycles. The molecule has 0 spiro atoms. The summed E-state index contributed by atoms with van der Waals surface area (Å²) in [4.78, 5) is 12.0. The summed E-state index contributed by atoms with van der Waals surface area (Å²) in [5.41, 5.74) is 3.02. The maximum absolute atomic E-state index is 12.0. The normalized spacial score (nSPS) is 11.0. The Kier molecular flexibility index (Phi) is 4.48. The molecule has 1 aromatic carbocycles. The van der Waals surface area contributed by atoms with E-state index >= 15 is 0 Å². The lowest BCUT2D eigenvalue weighted by molar-refractivity contribution is 0.101. The van der Waals surface area contributed by atoms with Crippen LogP contribution in [0.4, 0.5) is 0 Å². The average molecular weight is 273 g/mol. The van der Waals surface area contributed by atoms with Crippen LogP contribution in [0, 0.1) is 6.92 Å². The van der Waals surface area contributed by atoms with Crippen LogP contribution in [0.2, 0.25) is 0 Å². The quantitative estimate of drug-likeness (QED) is 0.733. The van der Waals surface area contributed by atoms with Crippen molar-refractivity contribution in [2.45, 2.75) is 47.1 Å². The van der Waals surface area contributed by atoms with Gasteiger partial charge in [-0.25, -0.2) is 0 Å². The minimum atomic E-state index is 0.122. The van der Waals surface area contributed by atoms with Gasteiger partial charge >= 0.3 is 0 Å². The van der Waals surface area contributed by atoms with Crippen molar-refractivity contribution >= 4 is 16.7 Å². The van der Waals surface area contributed by atoms with Gasteiger partial charge in [0.05, 0.1) is 6.61 Å². The van der Waals surface area contributed by atoms with Gasteiger partial charge in [-0.1, -0.05) is 13.3 Å². The second kappa shape index (κ2) is 6.12. The maximum atomic E-state index is 12.0. The van der Waals surface area contributed by atoms with Crippen molar-refractivity contribution < 1.29 is 9.53 Å². The number of benzene rings is 1. The predicted octanol–water partition coefficient (Wildman–Crippen LogP) is 4.35. The van der Waals surface area contributed by atoms with Crippen molar-refractivity contribution in [1.29, 1.82) is 0 Å². The van der Waals surface area contributed by atoms with E-state index in [4.69, 9.17) is 4.74 Å². The molecule has 0 aliphatic rings. The molecule has 0 aliphatic heterocycles. The third-order valence-electron chi connectivity index (χ3n) is 3.69. The van der Waals surface area contributed by atoms with Gasteiger partial charge in [-0.2, -0.15) is 0 Å². The number of aryl methyl sites for hydroxylation is 1. The zero-order chi connectivity index (χ0) is 14.7. The summed E-state index contributed by atoms with van der Waals surface area (Å²) in [6, 6.07) is 6.04. The van der Waals surface area contributed by atoms with Crippen molar-refractivity contribution in [3.05, 3.63) is 29.5 Å². The smallest absolute Gasteiger partial charge is 0.162 e. The van der Waals surface area contributed by atoms with E-state index in [0.29, 0.717) is 6.61 Å². The number of fused-ring (bicyclic) bond motifs is 1. The maximum Gasteiger partial charge on any atom is 0.162 e. The summed E-state index contributed by atoms with van der Waals surface area (Å²) < 4.78 is 7.81. The Morgan fingerprint density at radius 2 is 2.05 bits per heavy atom. The molecule has 108 valence electrons. The molecule has 3 nitrogen and oxygen atoms in total. The first-order valence-electron chi connectivity index (χ1n) is 7.36. The lowest BCUT2D eigenvalue weighted by Gasteiger charge is -2.08. The van der Waals surface area contributed by atoms with E-state index in [1.54, 1.807) is 6.92 Å². The van der Waals surface area contributed by atoms with E-state index in [1.807, 2.05) is 26.0 Å². The zero-order valence-corrected chi connectivity index (χ0v) is 12.8. The van der Waals surface area contributed by atoms with E-state index in [2.05, 4.69) is 17.6 Å². The number of nitrogens with zero attached hydrogens (tertiary/aromatic N) is 1. The average Bonchev–Trinajstić information content (AvgIpc) is 2.68. The molecule has 0 unspecified atom stereocenters. The molecule has 2 aromatic rings. The number of unbranched alkanes of at least 4 members (excludes halogenated alkanes) is 1. The lowest BCUT2D eigenvalue weighted by Crippen LogP contribution is -2.02. The van der Waals surface area contributed by atoms with Gasteiger partial charge in [0.15, 0.2) is 5.78 Å². The van der Waals surface area contributed by atoms with Crippen LogP contribution in [0.25, 0.3) is 10.9 Å². The van der Waals surface area contributed by atoms with Crippen molar-refractivity contribution in [3.63, 3.8) is 0 Å². The third-order valence-corrected chi connectivity index (χ3v) is 3.69. The summed E-state index contributed by atoms with van der Waals surface area (Å²) in [7, 11) is 0. The zero-order valence-electron chi connectivity index (χ0n) is 12.8. The van der Waals surface area contributed by atoms with Crippen molar-refractivity contribution in [2.75, 3.05) is 6.61 Å². The van der Waals surface area contributed by atoms with E-state index < -0.39 is 0 Å². The van der Waals surface area contributed by atoms with Crippen LogP contribution >= 0.6 is 0 Å². The Hall–Kier alpha value is -1.77. The second-order valence-electron chi connectivity index (χ2n) is 5.13. The molecule has 0 N–H and O–H groups in total. The predicted molar refractivity (Wildman–Crippen MR) is 82.8 cm³/mol. The van der Waals surface area contributed by atoms with Crippen LogP contribution in [0.15, 0.2) is 18.2 Å². The molecule has 0 atom stereocenters. The van der Waals surface area contributed by atoms with Gasteiger partial charge in [0, 0.05) is 28.7 Å². The SMILES string of the molecule is CCCCn1c(C)c(C(C)=O)c2cc(OCC)ccc21. The number of rotatable bonds is 6. The Morgan fingerprint density at radius 3 is 2.65 bits per heavy atom. The van der Waals surface area contributed by atoms with Crippen LogP contribution in [-0.4, -0.2) is 17.0 Å². The highest BCUT2D eigenvalue weighted by molar-refractivity contribution is 6.08. The monoisotopic (exact) mass is 273 g/mol. The minimum absolute atomic E-state index is 0.122. The van der Waals surface area contributed by atoms with Crippen molar-refractivity contribution in [3.8, 4) is 5.75 Å². The summed E-state index contributed by atoms with van der Waals surface area (Å²) in [5.74, 6) is 0.950. The van der Waals surface area contributed by atoms with Gasteiger partial charge in [0.2, 0.25) is 0 Å². The number of hydrogen-bond acceptors (Lipinski definition) is 2. The molecular weight excluding hydrogens is 250 g/mol. The van der Waals surface area contributed by atoms with Crippen LogP contribution in [-0.2, 0) is 6.54 Å². The van der Waals surface area contributed by atoms with Crippen LogP contribution < -0.4 is 4.74 Å². The number of carbonyl (C=O) groups excluding carboxylic acids is 1. The molecule has 20 heavy (non-hydrogen) atoms. The summed E-state index contributed by atoms with van der Waals surface area (Å²) >= 11 is 0.